The third-order valence-electron chi connectivity index (χ3n) is 3.68. The molecule has 0 atom stereocenters. The molecule has 0 amide bonds. The molecule has 0 saturated carbocycles. The Kier molecular flexibility index (Phi) is 5.13. The Balaban J connectivity index is 1.80. The maximum absolute atomic E-state index is 13.5. The van der Waals surface area contributed by atoms with Crippen molar-refractivity contribution in [2.45, 2.75) is 39.2 Å². The van der Waals surface area contributed by atoms with Gasteiger partial charge in [-0.2, -0.15) is 0 Å². The summed E-state index contributed by atoms with van der Waals surface area (Å²) in [4.78, 5) is 0. The molecule has 0 aliphatic carbocycles. The van der Waals surface area contributed by atoms with Crippen LogP contribution in [0.2, 0.25) is 0 Å². The third kappa shape index (κ3) is 4.68. The van der Waals surface area contributed by atoms with Gasteiger partial charge in [0.15, 0.2) is 0 Å². The minimum Gasteiger partial charge on any atom is -0.312 e. The third-order valence-corrected chi connectivity index (χ3v) is 3.68. The van der Waals surface area contributed by atoms with Gasteiger partial charge in [-0.15, -0.1) is 0 Å². The SMILES string of the molecule is CC(C)(C)c1ccc(CNCCc2ccccc2F)cc1. The maximum atomic E-state index is 13.5. The van der Waals surface area contributed by atoms with E-state index in [1.165, 1.54) is 17.2 Å². The van der Waals surface area contributed by atoms with Crippen LogP contribution in [-0.4, -0.2) is 6.54 Å². The Morgan fingerprint density at radius 3 is 2.24 bits per heavy atom. The van der Waals surface area contributed by atoms with Gasteiger partial charge in [-0.05, 0) is 41.1 Å². The fourth-order valence-electron chi connectivity index (χ4n) is 2.28. The van der Waals surface area contributed by atoms with Crippen molar-refractivity contribution >= 4 is 0 Å². The van der Waals surface area contributed by atoms with Gasteiger partial charge in [0.1, 0.15) is 5.82 Å². The van der Waals surface area contributed by atoms with E-state index in [2.05, 4.69) is 50.4 Å². The molecule has 0 aliphatic heterocycles. The van der Waals surface area contributed by atoms with Crippen molar-refractivity contribution in [2.24, 2.45) is 0 Å². The second kappa shape index (κ2) is 6.86. The monoisotopic (exact) mass is 285 g/mol. The summed E-state index contributed by atoms with van der Waals surface area (Å²) in [6.07, 6.45) is 0.715. The van der Waals surface area contributed by atoms with E-state index in [0.717, 1.165) is 18.7 Å². The second-order valence-corrected chi connectivity index (χ2v) is 6.47. The summed E-state index contributed by atoms with van der Waals surface area (Å²) in [6, 6.07) is 15.7. The summed E-state index contributed by atoms with van der Waals surface area (Å²) in [6.45, 7) is 8.25. The van der Waals surface area contributed by atoms with Gasteiger partial charge in [-0.3, -0.25) is 0 Å². The molecule has 1 N–H and O–H groups in total. The molecule has 2 aromatic rings. The van der Waals surface area contributed by atoms with E-state index in [0.29, 0.717) is 6.42 Å². The zero-order valence-corrected chi connectivity index (χ0v) is 13.1. The Morgan fingerprint density at radius 2 is 1.62 bits per heavy atom. The van der Waals surface area contributed by atoms with Crippen molar-refractivity contribution < 1.29 is 4.39 Å². The Labute approximate surface area is 127 Å². The summed E-state index contributed by atoms with van der Waals surface area (Å²) < 4.78 is 13.5. The summed E-state index contributed by atoms with van der Waals surface area (Å²) in [5.74, 6) is -0.117. The Morgan fingerprint density at radius 1 is 0.952 bits per heavy atom. The molecule has 2 aromatic carbocycles. The highest BCUT2D eigenvalue weighted by atomic mass is 19.1. The molecule has 0 fully saturated rings. The first-order valence-corrected chi connectivity index (χ1v) is 7.50. The number of hydrogen-bond donors (Lipinski definition) is 1. The van der Waals surface area contributed by atoms with Crippen molar-refractivity contribution in [3.05, 3.63) is 71.0 Å². The van der Waals surface area contributed by atoms with Crippen LogP contribution in [-0.2, 0) is 18.4 Å². The fourth-order valence-corrected chi connectivity index (χ4v) is 2.28. The van der Waals surface area contributed by atoms with Crippen LogP contribution in [0.25, 0.3) is 0 Å². The van der Waals surface area contributed by atoms with Gasteiger partial charge < -0.3 is 5.32 Å². The maximum Gasteiger partial charge on any atom is 0.126 e. The number of halogens is 1. The zero-order valence-electron chi connectivity index (χ0n) is 13.1. The van der Waals surface area contributed by atoms with Gasteiger partial charge in [-0.1, -0.05) is 63.2 Å². The van der Waals surface area contributed by atoms with Crippen LogP contribution in [0.1, 0.15) is 37.5 Å². The first kappa shape index (κ1) is 15.7. The van der Waals surface area contributed by atoms with E-state index in [1.807, 2.05) is 12.1 Å². The van der Waals surface area contributed by atoms with E-state index in [9.17, 15) is 4.39 Å². The van der Waals surface area contributed by atoms with Gasteiger partial charge in [0.25, 0.3) is 0 Å². The first-order chi connectivity index (χ1) is 9.97. The molecule has 0 saturated heterocycles. The molecule has 0 bridgehead atoms. The molecule has 0 radical (unpaired) electrons. The smallest absolute Gasteiger partial charge is 0.126 e. The normalized spacial score (nSPS) is 11.6. The van der Waals surface area contributed by atoms with Gasteiger partial charge in [0.2, 0.25) is 0 Å². The number of nitrogens with one attached hydrogen (secondary N) is 1. The van der Waals surface area contributed by atoms with Crippen molar-refractivity contribution in [1.29, 1.82) is 0 Å². The molecule has 2 rings (SSSR count). The van der Waals surface area contributed by atoms with E-state index in [4.69, 9.17) is 0 Å². The summed E-state index contributed by atoms with van der Waals surface area (Å²) >= 11 is 0. The molecule has 0 heterocycles. The minimum atomic E-state index is -0.117. The van der Waals surface area contributed by atoms with Crippen molar-refractivity contribution in [2.75, 3.05) is 6.54 Å². The molecule has 112 valence electrons. The highest BCUT2D eigenvalue weighted by Gasteiger charge is 2.12. The second-order valence-electron chi connectivity index (χ2n) is 6.47. The highest BCUT2D eigenvalue weighted by molar-refractivity contribution is 5.27. The van der Waals surface area contributed by atoms with E-state index in [-0.39, 0.29) is 11.2 Å². The fraction of sp³-hybridized carbons (Fsp3) is 0.368. The predicted molar refractivity (Wildman–Crippen MR) is 87.0 cm³/mol. The average Bonchev–Trinajstić information content (AvgIpc) is 2.45. The molecule has 0 spiro atoms. The quantitative estimate of drug-likeness (QED) is 0.800. The first-order valence-electron chi connectivity index (χ1n) is 7.50. The lowest BCUT2D eigenvalue weighted by Crippen LogP contribution is -2.17. The topological polar surface area (TPSA) is 12.0 Å². The molecule has 1 nitrogen and oxygen atoms in total. The van der Waals surface area contributed by atoms with Crippen LogP contribution in [0.15, 0.2) is 48.5 Å². The average molecular weight is 285 g/mol. The summed E-state index contributed by atoms with van der Waals surface area (Å²) in [5.41, 5.74) is 3.57. The van der Waals surface area contributed by atoms with Crippen LogP contribution in [0, 0.1) is 5.82 Å². The van der Waals surface area contributed by atoms with Gasteiger partial charge >= 0.3 is 0 Å². The van der Waals surface area contributed by atoms with E-state index >= 15 is 0 Å². The molecular formula is C19H24FN. The van der Waals surface area contributed by atoms with Gasteiger partial charge in [0.05, 0.1) is 0 Å². The molecule has 21 heavy (non-hydrogen) atoms. The predicted octanol–water partition coefficient (Wildman–Crippen LogP) is 4.46. The van der Waals surface area contributed by atoms with Gasteiger partial charge in [-0.25, -0.2) is 4.39 Å². The summed E-state index contributed by atoms with van der Waals surface area (Å²) in [5, 5.41) is 3.37. The van der Waals surface area contributed by atoms with E-state index in [1.54, 1.807) is 6.07 Å². The number of benzene rings is 2. The molecule has 0 aromatic heterocycles. The van der Waals surface area contributed by atoms with Crippen LogP contribution >= 0.6 is 0 Å². The van der Waals surface area contributed by atoms with Crippen molar-refractivity contribution in [1.82, 2.24) is 5.32 Å². The van der Waals surface area contributed by atoms with E-state index < -0.39 is 0 Å². The molecular weight excluding hydrogens is 261 g/mol. The van der Waals surface area contributed by atoms with Crippen LogP contribution in [0.5, 0.6) is 0 Å². The van der Waals surface area contributed by atoms with Gasteiger partial charge in [0, 0.05) is 6.54 Å². The Bertz CT molecular complexity index is 567. The Hall–Kier alpha value is -1.67. The van der Waals surface area contributed by atoms with Crippen LogP contribution in [0.3, 0.4) is 0 Å². The standard InChI is InChI=1S/C19H24FN/c1-19(2,3)17-10-8-15(9-11-17)14-21-13-12-16-6-4-5-7-18(16)20/h4-11,21H,12-14H2,1-3H3. The van der Waals surface area contributed by atoms with Crippen molar-refractivity contribution in [3.8, 4) is 0 Å². The lowest BCUT2D eigenvalue weighted by atomic mass is 9.87. The van der Waals surface area contributed by atoms with Crippen molar-refractivity contribution in [3.63, 3.8) is 0 Å². The number of hydrogen-bond acceptors (Lipinski definition) is 1. The minimum absolute atomic E-state index is 0.117. The lowest BCUT2D eigenvalue weighted by molar-refractivity contribution is 0.589. The van der Waals surface area contributed by atoms with Crippen LogP contribution < -0.4 is 5.32 Å². The number of rotatable bonds is 5. The highest BCUT2D eigenvalue weighted by Crippen LogP contribution is 2.22. The zero-order chi connectivity index (χ0) is 15.3. The lowest BCUT2D eigenvalue weighted by Gasteiger charge is -2.19. The summed E-state index contributed by atoms with van der Waals surface area (Å²) in [7, 11) is 0. The van der Waals surface area contributed by atoms with Crippen LogP contribution in [0.4, 0.5) is 4.39 Å². The molecule has 0 aliphatic rings. The molecule has 2 heteroatoms. The molecule has 0 unspecified atom stereocenters. The largest absolute Gasteiger partial charge is 0.312 e.